The Morgan fingerprint density at radius 3 is 2.73 bits per heavy atom. The van der Waals surface area contributed by atoms with Crippen LogP contribution < -0.4 is 5.32 Å². The summed E-state index contributed by atoms with van der Waals surface area (Å²) in [6.45, 7) is 2.42. The molecule has 0 aliphatic rings. The second kappa shape index (κ2) is 7.41. The number of nitrogens with zero attached hydrogens (tertiary/aromatic N) is 3. The molecule has 0 bridgehead atoms. The number of nitrogens with one attached hydrogen (secondary N) is 1. The van der Waals surface area contributed by atoms with E-state index in [0.29, 0.717) is 13.0 Å². The lowest BCUT2D eigenvalue weighted by Gasteiger charge is -2.10. The Bertz CT molecular complexity index is 670. The first-order valence-corrected chi connectivity index (χ1v) is 7.30. The minimum atomic E-state index is -0.682. The van der Waals surface area contributed by atoms with Crippen LogP contribution in [0.3, 0.4) is 0 Å². The number of hydrogen-bond acceptors (Lipinski definition) is 3. The summed E-state index contributed by atoms with van der Waals surface area (Å²) in [5.74, 6) is -0.902. The lowest BCUT2D eigenvalue weighted by Crippen LogP contribution is -2.32. The van der Waals surface area contributed by atoms with Crippen LogP contribution in [0, 0.1) is 24.2 Å². The van der Waals surface area contributed by atoms with Crippen molar-refractivity contribution in [2.45, 2.75) is 19.8 Å². The maximum atomic E-state index is 12.1. The third-order valence-corrected chi connectivity index (χ3v) is 3.57. The number of aromatic nitrogens is 2. The summed E-state index contributed by atoms with van der Waals surface area (Å²) in [6.07, 6.45) is 3.01. The van der Waals surface area contributed by atoms with Gasteiger partial charge in [0.2, 0.25) is 5.91 Å². The molecule has 0 aliphatic carbocycles. The molecule has 1 amide bonds. The first-order valence-electron chi connectivity index (χ1n) is 7.30. The lowest BCUT2D eigenvalue weighted by molar-refractivity contribution is -0.123. The maximum absolute atomic E-state index is 12.1. The van der Waals surface area contributed by atoms with Crippen LogP contribution in [0.4, 0.5) is 0 Å². The molecule has 0 saturated carbocycles. The second-order valence-corrected chi connectivity index (χ2v) is 5.33. The van der Waals surface area contributed by atoms with E-state index in [2.05, 4.69) is 16.5 Å². The zero-order valence-electron chi connectivity index (χ0n) is 12.9. The van der Waals surface area contributed by atoms with Crippen molar-refractivity contribution in [3.63, 3.8) is 0 Å². The predicted octanol–water partition coefficient (Wildman–Crippen LogP) is 1.77. The van der Waals surface area contributed by atoms with Gasteiger partial charge in [-0.2, -0.15) is 10.4 Å². The summed E-state index contributed by atoms with van der Waals surface area (Å²) < 4.78 is 1.70. The van der Waals surface area contributed by atoms with E-state index in [9.17, 15) is 10.1 Å². The Morgan fingerprint density at radius 1 is 1.41 bits per heavy atom. The number of carbonyl (C=O) groups is 1. The molecule has 5 nitrogen and oxygen atoms in total. The lowest BCUT2D eigenvalue weighted by atomic mass is 10.0. The molecule has 0 saturated heterocycles. The highest BCUT2D eigenvalue weighted by Crippen LogP contribution is 2.12. The number of hydrogen-bond donors (Lipinski definition) is 1. The smallest absolute Gasteiger partial charge is 0.237 e. The summed E-state index contributed by atoms with van der Waals surface area (Å²) in [5.41, 5.74) is 2.96. The fourth-order valence-electron chi connectivity index (χ4n) is 2.36. The molecular weight excluding hydrogens is 276 g/mol. The van der Waals surface area contributed by atoms with Gasteiger partial charge in [0.1, 0.15) is 5.92 Å². The normalized spacial score (nSPS) is 11.7. The molecule has 0 unspecified atom stereocenters. The van der Waals surface area contributed by atoms with E-state index in [0.717, 1.165) is 17.7 Å². The monoisotopic (exact) mass is 296 g/mol. The van der Waals surface area contributed by atoms with E-state index in [1.807, 2.05) is 50.5 Å². The molecule has 1 aromatic heterocycles. The highest BCUT2D eigenvalue weighted by molar-refractivity contribution is 5.81. The zero-order valence-corrected chi connectivity index (χ0v) is 12.9. The standard InChI is InChI=1S/C17H20N4O/c1-13-16(12-21(2)20-13)10-15(11-18)17(22)19-9-8-14-6-4-3-5-7-14/h3-7,12,15H,8-10H2,1-2H3,(H,19,22)/t15-/m0/s1. The maximum Gasteiger partial charge on any atom is 0.237 e. The molecule has 114 valence electrons. The summed E-state index contributed by atoms with van der Waals surface area (Å²) in [7, 11) is 1.83. The minimum absolute atomic E-state index is 0.221. The predicted molar refractivity (Wildman–Crippen MR) is 83.9 cm³/mol. The Labute approximate surface area is 130 Å². The molecule has 2 rings (SSSR count). The Balaban J connectivity index is 1.87. The summed E-state index contributed by atoms with van der Waals surface area (Å²) in [6, 6.07) is 12.0. The van der Waals surface area contributed by atoms with Gasteiger partial charge in [-0.15, -0.1) is 0 Å². The first-order chi connectivity index (χ1) is 10.6. The van der Waals surface area contributed by atoms with E-state index < -0.39 is 5.92 Å². The SMILES string of the molecule is Cc1nn(C)cc1C[C@@H](C#N)C(=O)NCCc1ccccc1. The van der Waals surface area contributed by atoms with Gasteiger partial charge < -0.3 is 5.32 Å². The third kappa shape index (κ3) is 4.19. The van der Waals surface area contributed by atoms with Crippen molar-refractivity contribution >= 4 is 5.91 Å². The van der Waals surface area contributed by atoms with E-state index in [1.54, 1.807) is 4.68 Å². The summed E-state index contributed by atoms with van der Waals surface area (Å²) in [4.78, 5) is 12.1. The molecule has 0 fully saturated rings. The van der Waals surface area contributed by atoms with E-state index in [-0.39, 0.29) is 5.91 Å². The van der Waals surface area contributed by atoms with Crippen LogP contribution in [-0.4, -0.2) is 22.2 Å². The van der Waals surface area contributed by atoms with Gasteiger partial charge in [0.05, 0.1) is 11.8 Å². The Hall–Kier alpha value is -2.61. The average Bonchev–Trinajstić information content (AvgIpc) is 2.83. The van der Waals surface area contributed by atoms with Gasteiger partial charge in [0, 0.05) is 26.2 Å². The van der Waals surface area contributed by atoms with Crippen molar-refractivity contribution < 1.29 is 4.79 Å². The van der Waals surface area contributed by atoms with Crippen LogP contribution in [0.1, 0.15) is 16.8 Å². The summed E-state index contributed by atoms with van der Waals surface area (Å²) >= 11 is 0. The van der Waals surface area contributed by atoms with Crippen LogP contribution in [0.25, 0.3) is 0 Å². The molecule has 22 heavy (non-hydrogen) atoms. The van der Waals surface area contributed by atoms with Gasteiger partial charge in [0.15, 0.2) is 0 Å². The van der Waals surface area contributed by atoms with Gasteiger partial charge in [-0.25, -0.2) is 0 Å². The van der Waals surface area contributed by atoms with Gasteiger partial charge in [-0.1, -0.05) is 30.3 Å². The van der Waals surface area contributed by atoms with Crippen molar-refractivity contribution in [2.75, 3.05) is 6.54 Å². The number of nitriles is 1. The van der Waals surface area contributed by atoms with Gasteiger partial charge in [0.25, 0.3) is 0 Å². The molecule has 5 heteroatoms. The van der Waals surface area contributed by atoms with Crippen LogP contribution in [0.2, 0.25) is 0 Å². The molecule has 0 radical (unpaired) electrons. The highest BCUT2D eigenvalue weighted by atomic mass is 16.1. The third-order valence-electron chi connectivity index (χ3n) is 3.57. The zero-order chi connectivity index (χ0) is 15.9. The van der Waals surface area contributed by atoms with Crippen molar-refractivity contribution in [3.8, 4) is 6.07 Å². The van der Waals surface area contributed by atoms with Crippen LogP contribution >= 0.6 is 0 Å². The van der Waals surface area contributed by atoms with E-state index >= 15 is 0 Å². The number of rotatable bonds is 6. The summed E-state index contributed by atoms with van der Waals surface area (Å²) in [5, 5.41) is 16.3. The van der Waals surface area contributed by atoms with Crippen LogP contribution in [0.15, 0.2) is 36.5 Å². The molecule has 1 heterocycles. The fraction of sp³-hybridized carbons (Fsp3) is 0.353. The fourth-order valence-corrected chi connectivity index (χ4v) is 2.36. The topological polar surface area (TPSA) is 70.7 Å². The molecule has 0 aliphatic heterocycles. The largest absolute Gasteiger partial charge is 0.355 e. The minimum Gasteiger partial charge on any atom is -0.355 e. The quantitative estimate of drug-likeness (QED) is 0.883. The number of benzene rings is 1. The molecule has 1 N–H and O–H groups in total. The van der Waals surface area contributed by atoms with Crippen LogP contribution in [0.5, 0.6) is 0 Å². The number of carbonyl (C=O) groups excluding carboxylic acids is 1. The van der Waals surface area contributed by atoms with E-state index in [4.69, 9.17) is 0 Å². The Morgan fingerprint density at radius 2 is 2.14 bits per heavy atom. The van der Waals surface area contributed by atoms with E-state index in [1.165, 1.54) is 5.56 Å². The van der Waals surface area contributed by atoms with Crippen molar-refractivity contribution in [1.82, 2.24) is 15.1 Å². The highest BCUT2D eigenvalue weighted by Gasteiger charge is 2.20. The van der Waals surface area contributed by atoms with Gasteiger partial charge in [-0.05, 0) is 24.5 Å². The van der Waals surface area contributed by atoms with Crippen molar-refractivity contribution in [2.24, 2.45) is 13.0 Å². The molecule has 0 spiro atoms. The van der Waals surface area contributed by atoms with Crippen LogP contribution in [-0.2, 0) is 24.7 Å². The molecular formula is C17H20N4O. The van der Waals surface area contributed by atoms with Crippen molar-refractivity contribution in [3.05, 3.63) is 53.3 Å². The average molecular weight is 296 g/mol. The molecule has 2 aromatic rings. The van der Waals surface area contributed by atoms with Gasteiger partial charge >= 0.3 is 0 Å². The Kier molecular flexibility index (Phi) is 5.31. The molecule has 1 atom stereocenters. The molecule has 1 aromatic carbocycles. The second-order valence-electron chi connectivity index (χ2n) is 5.33. The first kappa shape index (κ1) is 15.8. The van der Waals surface area contributed by atoms with Gasteiger partial charge in [-0.3, -0.25) is 9.48 Å². The van der Waals surface area contributed by atoms with Crippen molar-refractivity contribution in [1.29, 1.82) is 5.26 Å². The number of aryl methyl sites for hydroxylation is 2. The number of amides is 1.